The number of hydrogen-bond donors (Lipinski definition) is 1. The van der Waals surface area contributed by atoms with Crippen molar-refractivity contribution in [1.82, 2.24) is 15.1 Å². The molecule has 0 saturated heterocycles. The molecule has 110 valence electrons. The molecule has 1 N–H and O–H groups in total. The third-order valence-corrected chi connectivity index (χ3v) is 2.72. The first-order valence-electron chi connectivity index (χ1n) is 6.50. The summed E-state index contributed by atoms with van der Waals surface area (Å²) in [7, 11) is 0. The Hall–Kier alpha value is -3.22. The van der Waals surface area contributed by atoms with Crippen LogP contribution in [0.2, 0.25) is 0 Å². The van der Waals surface area contributed by atoms with E-state index in [1.807, 2.05) is 0 Å². The molecular formula is C15H12N4O3. The van der Waals surface area contributed by atoms with Crippen molar-refractivity contribution in [3.8, 4) is 11.8 Å². The molecule has 2 aromatic heterocycles. The van der Waals surface area contributed by atoms with E-state index in [1.165, 1.54) is 0 Å². The van der Waals surface area contributed by atoms with Crippen LogP contribution in [0.4, 0.5) is 5.69 Å². The molecule has 1 aromatic carbocycles. The molecule has 0 aliphatic heterocycles. The van der Waals surface area contributed by atoms with Crippen LogP contribution in [0.3, 0.4) is 0 Å². The minimum absolute atomic E-state index is 0.232. The third-order valence-electron chi connectivity index (χ3n) is 2.72. The van der Waals surface area contributed by atoms with Gasteiger partial charge in [-0.15, -0.1) is 0 Å². The van der Waals surface area contributed by atoms with E-state index in [-0.39, 0.29) is 17.6 Å². The first-order chi connectivity index (χ1) is 10.7. The van der Waals surface area contributed by atoms with Crippen molar-refractivity contribution < 1.29 is 14.1 Å². The summed E-state index contributed by atoms with van der Waals surface area (Å²) in [6, 6.07) is 10.4. The highest BCUT2D eigenvalue weighted by molar-refractivity contribution is 6.02. The van der Waals surface area contributed by atoms with Crippen molar-refractivity contribution >= 4 is 11.6 Å². The van der Waals surface area contributed by atoms with Gasteiger partial charge >= 0.3 is 6.01 Å². The Morgan fingerprint density at radius 3 is 2.55 bits per heavy atom. The fourth-order valence-electron chi connectivity index (χ4n) is 1.72. The number of hydrogen-bond acceptors (Lipinski definition) is 6. The maximum absolute atomic E-state index is 11.9. The largest absolute Gasteiger partial charge is 0.424 e. The Bertz CT molecular complexity index is 769. The lowest BCUT2D eigenvalue weighted by atomic mass is 10.3. The van der Waals surface area contributed by atoms with E-state index < -0.39 is 0 Å². The summed E-state index contributed by atoms with van der Waals surface area (Å²) in [4.78, 5) is 19.8. The van der Waals surface area contributed by atoms with Crippen molar-refractivity contribution in [2.45, 2.75) is 6.92 Å². The molecule has 1 amide bonds. The second-order valence-corrected chi connectivity index (χ2v) is 4.43. The van der Waals surface area contributed by atoms with E-state index in [2.05, 4.69) is 20.4 Å². The average Bonchev–Trinajstić information content (AvgIpc) is 2.97. The van der Waals surface area contributed by atoms with E-state index >= 15 is 0 Å². The summed E-state index contributed by atoms with van der Waals surface area (Å²) in [6.45, 7) is 1.72. The van der Waals surface area contributed by atoms with E-state index in [0.717, 1.165) is 0 Å². The molecule has 0 fully saturated rings. The van der Waals surface area contributed by atoms with Crippen LogP contribution >= 0.6 is 0 Å². The molecule has 0 unspecified atom stereocenters. The van der Waals surface area contributed by atoms with Crippen LogP contribution in [0.5, 0.6) is 11.8 Å². The van der Waals surface area contributed by atoms with Crippen LogP contribution in [0.25, 0.3) is 0 Å². The van der Waals surface area contributed by atoms with Crippen LogP contribution in [-0.4, -0.2) is 21.0 Å². The van der Waals surface area contributed by atoms with Gasteiger partial charge in [0.1, 0.15) is 11.5 Å². The second kappa shape index (κ2) is 6.04. The number of carbonyl (C=O) groups is 1. The minimum Gasteiger partial charge on any atom is -0.424 e. The van der Waals surface area contributed by atoms with Gasteiger partial charge in [0.25, 0.3) is 5.91 Å². The summed E-state index contributed by atoms with van der Waals surface area (Å²) in [5, 5.41) is 6.37. The van der Waals surface area contributed by atoms with Crippen LogP contribution in [0.1, 0.15) is 16.2 Å². The Balaban J connectivity index is 1.65. The Morgan fingerprint density at radius 2 is 1.91 bits per heavy atom. The van der Waals surface area contributed by atoms with Crippen LogP contribution in [0.15, 0.2) is 53.3 Å². The van der Waals surface area contributed by atoms with Gasteiger partial charge in [0, 0.05) is 24.1 Å². The zero-order valence-electron chi connectivity index (χ0n) is 11.7. The lowest BCUT2D eigenvalue weighted by Crippen LogP contribution is -2.11. The van der Waals surface area contributed by atoms with E-state index in [9.17, 15) is 4.79 Å². The number of amides is 1. The minimum atomic E-state index is -0.336. The number of ether oxygens (including phenoxy) is 1. The monoisotopic (exact) mass is 296 g/mol. The molecule has 0 spiro atoms. The number of nitrogens with one attached hydrogen (secondary N) is 1. The predicted molar refractivity (Wildman–Crippen MR) is 77.7 cm³/mol. The third kappa shape index (κ3) is 3.26. The normalized spacial score (nSPS) is 10.2. The van der Waals surface area contributed by atoms with Crippen molar-refractivity contribution in [2.24, 2.45) is 0 Å². The summed E-state index contributed by atoms with van der Waals surface area (Å²) < 4.78 is 10.3. The lowest BCUT2D eigenvalue weighted by molar-refractivity contribution is 0.101. The van der Waals surface area contributed by atoms with Gasteiger partial charge in [-0.05, 0) is 37.3 Å². The van der Waals surface area contributed by atoms with E-state index in [1.54, 1.807) is 55.7 Å². The number of rotatable bonds is 4. The van der Waals surface area contributed by atoms with Gasteiger partial charge < -0.3 is 14.6 Å². The zero-order valence-corrected chi connectivity index (χ0v) is 11.7. The topological polar surface area (TPSA) is 90.1 Å². The quantitative estimate of drug-likeness (QED) is 0.796. The van der Waals surface area contributed by atoms with Crippen molar-refractivity contribution in [1.29, 1.82) is 0 Å². The smallest absolute Gasteiger partial charge is 0.321 e. The molecule has 0 bridgehead atoms. The van der Waals surface area contributed by atoms with E-state index in [0.29, 0.717) is 17.2 Å². The SMILES string of the molecule is Cc1cc(C(=O)Nc2ccc(Oc3ncccn3)cc2)no1. The van der Waals surface area contributed by atoms with Crippen molar-refractivity contribution in [2.75, 3.05) is 5.32 Å². The lowest BCUT2D eigenvalue weighted by Gasteiger charge is -2.05. The van der Waals surface area contributed by atoms with Crippen LogP contribution in [-0.2, 0) is 0 Å². The van der Waals surface area contributed by atoms with Crippen LogP contribution in [0, 0.1) is 6.92 Å². The molecule has 22 heavy (non-hydrogen) atoms. The van der Waals surface area contributed by atoms with Gasteiger partial charge in [0.2, 0.25) is 0 Å². The number of aryl methyl sites for hydroxylation is 1. The summed E-state index contributed by atoms with van der Waals surface area (Å²) in [6.07, 6.45) is 3.19. The fraction of sp³-hybridized carbons (Fsp3) is 0.0667. The molecule has 3 rings (SSSR count). The highest BCUT2D eigenvalue weighted by Gasteiger charge is 2.11. The molecule has 7 nitrogen and oxygen atoms in total. The molecule has 3 aromatic rings. The van der Waals surface area contributed by atoms with Gasteiger partial charge in [0.05, 0.1) is 0 Å². The van der Waals surface area contributed by atoms with Gasteiger partial charge in [-0.1, -0.05) is 5.16 Å². The summed E-state index contributed by atoms with van der Waals surface area (Å²) in [5.41, 5.74) is 0.850. The molecule has 2 heterocycles. The maximum Gasteiger partial charge on any atom is 0.321 e. The Kier molecular flexibility index (Phi) is 3.78. The Labute approximate surface area is 126 Å². The zero-order chi connectivity index (χ0) is 15.4. The average molecular weight is 296 g/mol. The fourth-order valence-corrected chi connectivity index (χ4v) is 1.72. The number of aromatic nitrogens is 3. The number of anilines is 1. The van der Waals surface area contributed by atoms with Gasteiger partial charge in [-0.2, -0.15) is 0 Å². The highest BCUT2D eigenvalue weighted by atomic mass is 16.5. The second-order valence-electron chi connectivity index (χ2n) is 4.43. The van der Waals surface area contributed by atoms with Gasteiger partial charge in [0.15, 0.2) is 5.69 Å². The Morgan fingerprint density at radius 1 is 1.18 bits per heavy atom. The van der Waals surface area contributed by atoms with Gasteiger partial charge in [-0.25, -0.2) is 9.97 Å². The first kappa shape index (κ1) is 13.7. The molecule has 0 atom stereocenters. The van der Waals surface area contributed by atoms with Gasteiger partial charge in [-0.3, -0.25) is 4.79 Å². The number of nitrogens with zero attached hydrogens (tertiary/aromatic N) is 3. The van der Waals surface area contributed by atoms with Crippen LogP contribution < -0.4 is 10.1 Å². The summed E-state index contributed by atoms with van der Waals surface area (Å²) >= 11 is 0. The highest BCUT2D eigenvalue weighted by Crippen LogP contribution is 2.20. The van der Waals surface area contributed by atoms with E-state index in [4.69, 9.17) is 9.26 Å². The number of benzene rings is 1. The number of carbonyl (C=O) groups excluding carboxylic acids is 1. The first-order valence-corrected chi connectivity index (χ1v) is 6.50. The molecule has 7 heteroatoms. The molecule has 0 saturated carbocycles. The predicted octanol–water partition coefficient (Wildman–Crippen LogP) is 2.82. The molecular weight excluding hydrogens is 284 g/mol. The van der Waals surface area contributed by atoms with Crippen molar-refractivity contribution in [3.63, 3.8) is 0 Å². The summed E-state index contributed by atoms with van der Waals surface area (Å²) in [5.74, 6) is 0.815. The molecule has 0 aliphatic rings. The molecule has 0 radical (unpaired) electrons. The van der Waals surface area contributed by atoms with Crippen molar-refractivity contribution in [3.05, 3.63) is 60.2 Å². The standard InChI is InChI=1S/C15H12N4O3/c1-10-9-13(19-22-10)14(20)18-11-3-5-12(6-4-11)21-15-16-7-2-8-17-15/h2-9H,1H3,(H,18,20). The maximum atomic E-state index is 11.9. The molecule has 0 aliphatic carbocycles.